The maximum atomic E-state index is 4.76. The van der Waals surface area contributed by atoms with Crippen LogP contribution in [0, 0.1) is 0 Å². The summed E-state index contributed by atoms with van der Waals surface area (Å²) in [5.41, 5.74) is 0.158. The second-order valence-corrected chi connectivity index (χ2v) is 7.22. The minimum absolute atomic E-state index is 0. The minimum atomic E-state index is 0. The van der Waals surface area contributed by atoms with Gasteiger partial charge in [0, 0.05) is 38.3 Å². The van der Waals surface area contributed by atoms with Crippen LogP contribution in [0.25, 0.3) is 0 Å². The van der Waals surface area contributed by atoms with Gasteiger partial charge in [0.05, 0.1) is 6.54 Å². The number of likely N-dealkylation sites (N-methyl/N-ethyl adjacent to an activating group) is 2. The molecule has 1 aliphatic heterocycles. The Bertz CT molecular complexity index is 340. The molecular formula is C17H38IN5. The molecule has 0 amide bonds. The van der Waals surface area contributed by atoms with E-state index >= 15 is 0 Å². The van der Waals surface area contributed by atoms with Crippen molar-refractivity contribution >= 4 is 29.9 Å². The molecule has 6 heteroatoms. The van der Waals surface area contributed by atoms with Crippen LogP contribution >= 0.6 is 24.0 Å². The maximum Gasteiger partial charge on any atom is 0.193 e. The molecule has 0 spiro atoms. The van der Waals surface area contributed by atoms with E-state index in [4.69, 9.17) is 4.99 Å². The average Bonchev–Trinajstić information content (AvgIpc) is 2.88. The van der Waals surface area contributed by atoms with E-state index in [1.165, 1.54) is 19.4 Å². The predicted octanol–water partition coefficient (Wildman–Crippen LogP) is 2.37. The fourth-order valence-corrected chi connectivity index (χ4v) is 2.98. The monoisotopic (exact) mass is 439 g/mol. The van der Waals surface area contributed by atoms with E-state index in [9.17, 15) is 0 Å². The number of rotatable bonds is 7. The van der Waals surface area contributed by atoms with E-state index in [1.54, 1.807) is 0 Å². The SMILES string of the molecule is CCNC(=NCCNC(C)(C)C)N(C)CC1CCCN1CC.I. The highest BCUT2D eigenvalue weighted by molar-refractivity contribution is 14.0. The summed E-state index contributed by atoms with van der Waals surface area (Å²) in [7, 11) is 2.16. The summed E-state index contributed by atoms with van der Waals surface area (Å²) >= 11 is 0. The Morgan fingerprint density at radius 3 is 2.57 bits per heavy atom. The summed E-state index contributed by atoms with van der Waals surface area (Å²) < 4.78 is 0. The number of halogens is 1. The molecule has 1 unspecified atom stereocenters. The zero-order chi connectivity index (χ0) is 16.6. The zero-order valence-corrected chi connectivity index (χ0v) is 18.3. The average molecular weight is 439 g/mol. The van der Waals surface area contributed by atoms with Crippen LogP contribution in [-0.4, -0.2) is 73.7 Å². The molecule has 1 fully saturated rings. The molecule has 0 bridgehead atoms. The summed E-state index contributed by atoms with van der Waals surface area (Å²) in [6.07, 6.45) is 2.64. The highest BCUT2D eigenvalue weighted by atomic mass is 127. The first-order valence-electron chi connectivity index (χ1n) is 8.86. The number of likely N-dealkylation sites (tertiary alicyclic amines) is 1. The quantitative estimate of drug-likeness (QED) is 0.277. The van der Waals surface area contributed by atoms with E-state index in [0.717, 1.165) is 38.7 Å². The topological polar surface area (TPSA) is 42.9 Å². The zero-order valence-electron chi connectivity index (χ0n) is 16.0. The lowest BCUT2D eigenvalue weighted by Gasteiger charge is -2.30. The first-order chi connectivity index (χ1) is 10.4. The van der Waals surface area contributed by atoms with Crippen LogP contribution in [0.2, 0.25) is 0 Å². The Kier molecular flexibility index (Phi) is 11.4. The fraction of sp³-hybridized carbons (Fsp3) is 0.941. The lowest BCUT2D eigenvalue weighted by molar-refractivity contribution is 0.232. The Morgan fingerprint density at radius 2 is 2.00 bits per heavy atom. The van der Waals surface area contributed by atoms with Crippen LogP contribution in [0.1, 0.15) is 47.5 Å². The molecule has 1 heterocycles. The van der Waals surface area contributed by atoms with Gasteiger partial charge in [-0.3, -0.25) is 9.89 Å². The highest BCUT2D eigenvalue weighted by Crippen LogP contribution is 2.17. The van der Waals surface area contributed by atoms with Gasteiger partial charge in [-0.1, -0.05) is 6.92 Å². The molecule has 0 aromatic heterocycles. The number of aliphatic imine (C=N–C) groups is 1. The van der Waals surface area contributed by atoms with Gasteiger partial charge in [-0.05, 0) is 53.6 Å². The number of guanidine groups is 1. The lowest BCUT2D eigenvalue weighted by Crippen LogP contribution is -2.46. The van der Waals surface area contributed by atoms with Gasteiger partial charge in [0.2, 0.25) is 0 Å². The molecule has 1 aliphatic rings. The van der Waals surface area contributed by atoms with Crippen molar-refractivity contribution < 1.29 is 0 Å². The van der Waals surface area contributed by atoms with Gasteiger partial charge in [0.1, 0.15) is 0 Å². The van der Waals surface area contributed by atoms with Crippen molar-refractivity contribution in [2.45, 2.75) is 59.0 Å². The van der Waals surface area contributed by atoms with Crippen molar-refractivity contribution in [2.75, 3.05) is 46.3 Å². The molecule has 1 saturated heterocycles. The third-order valence-electron chi connectivity index (χ3n) is 4.12. The third kappa shape index (κ3) is 9.10. The lowest BCUT2D eigenvalue weighted by atomic mass is 10.1. The van der Waals surface area contributed by atoms with Gasteiger partial charge in [-0.15, -0.1) is 24.0 Å². The second kappa shape index (κ2) is 11.5. The van der Waals surface area contributed by atoms with Crippen LogP contribution in [0.3, 0.4) is 0 Å². The van der Waals surface area contributed by atoms with Crippen molar-refractivity contribution in [3.63, 3.8) is 0 Å². The summed E-state index contributed by atoms with van der Waals surface area (Å²) in [5, 5.41) is 6.90. The molecule has 23 heavy (non-hydrogen) atoms. The number of hydrogen-bond acceptors (Lipinski definition) is 3. The van der Waals surface area contributed by atoms with E-state index < -0.39 is 0 Å². The number of nitrogens with one attached hydrogen (secondary N) is 2. The van der Waals surface area contributed by atoms with Crippen molar-refractivity contribution in [1.29, 1.82) is 0 Å². The largest absolute Gasteiger partial charge is 0.357 e. The Labute approximate surface area is 160 Å². The second-order valence-electron chi connectivity index (χ2n) is 7.22. The van der Waals surface area contributed by atoms with Gasteiger partial charge >= 0.3 is 0 Å². The van der Waals surface area contributed by atoms with Crippen molar-refractivity contribution in [2.24, 2.45) is 4.99 Å². The summed E-state index contributed by atoms with van der Waals surface area (Å²) in [6, 6.07) is 0.673. The van der Waals surface area contributed by atoms with Crippen molar-refractivity contribution in [3.05, 3.63) is 0 Å². The van der Waals surface area contributed by atoms with Crippen LogP contribution in [-0.2, 0) is 0 Å². The molecule has 1 rings (SSSR count). The Morgan fingerprint density at radius 1 is 1.30 bits per heavy atom. The molecule has 5 nitrogen and oxygen atoms in total. The molecule has 0 saturated carbocycles. The van der Waals surface area contributed by atoms with E-state index in [0.29, 0.717) is 6.04 Å². The van der Waals surface area contributed by atoms with Crippen LogP contribution in [0.4, 0.5) is 0 Å². The highest BCUT2D eigenvalue weighted by Gasteiger charge is 2.24. The van der Waals surface area contributed by atoms with E-state index in [-0.39, 0.29) is 29.5 Å². The number of nitrogens with zero attached hydrogens (tertiary/aromatic N) is 3. The van der Waals surface area contributed by atoms with Crippen molar-refractivity contribution in [3.8, 4) is 0 Å². The smallest absolute Gasteiger partial charge is 0.193 e. The molecule has 138 valence electrons. The minimum Gasteiger partial charge on any atom is -0.357 e. The van der Waals surface area contributed by atoms with Gasteiger partial charge < -0.3 is 15.5 Å². The first kappa shape index (κ1) is 22.9. The molecular weight excluding hydrogens is 401 g/mol. The summed E-state index contributed by atoms with van der Waals surface area (Å²) in [6.45, 7) is 17.1. The Balaban J connectivity index is 0.00000484. The fourth-order valence-electron chi connectivity index (χ4n) is 2.98. The van der Waals surface area contributed by atoms with Gasteiger partial charge in [0.25, 0.3) is 0 Å². The molecule has 0 radical (unpaired) electrons. The molecule has 2 N–H and O–H groups in total. The summed E-state index contributed by atoms with van der Waals surface area (Å²) in [4.78, 5) is 9.64. The van der Waals surface area contributed by atoms with Gasteiger partial charge in [0.15, 0.2) is 5.96 Å². The van der Waals surface area contributed by atoms with Crippen LogP contribution < -0.4 is 10.6 Å². The van der Waals surface area contributed by atoms with Gasteiger partial charge in [-0.2, -0.15) is 0 Å². The molecule has 1 atom stereocenters. The molecule has 0 aromatic rings. The van der Waals surface area contributed by atoms with Crippen LogP contribution in [0.5, 0.6) is 0 Å². The number of hydrogen-bond donors (Lipinski definition) is 2. The van der Waals surface area contributed by atoms with Crippen molar-refractivity contribution in [1.82, 2.24) is 20.4 Å². The third-order valence-corrected chi connectivity index (χ3v) is 4.12. The first-order valence-corrected chi connectivity index (χ1v) is 8.86. The summed E-state index contributed by atoms with van der Waals surface area (Å²) in [5.74, 6) is 1.03. The van der Waals surface area contributed by atoms with Crippen LogP contribution in [0.15, 0.2) is 4.99 Å². The maximum absolute atomic E-state index is 4.76. The Hall–Kier alpha value is -0.0800. The normalized spacial score (nSPS) is 19.6. The van der Waals surface area contributed by atoms with E-state index in [2.05, 4.69) is 62.1 Å². The standard InChI is InChI=1S/C17H37N5.HI/c1-7-18-16(19-11-12-20-17(3,4)5)21(6)14-15-10-9-13-22(15)8-2;/h15,20H,7-14H2,1-6H3,(H,18,19);1H. The predicted molar refractivity (Wildman–Crippen MR) is 112 cm³/mol. The van der Waals surface area contributed by atoms with Gasteiger partial charge in [-0.25, -0.2) is 0 Å². The molecule has 0 aromatic carbocycles. The molecule has 0 aliphatic carbocycles. The van der Waals surface area contributed by atoms with E-state index in [1.807, 2.05) is 0 Å².